The molecule has 214 valence electrons. The first-order valence-electron chi connectivity index (χ1n) is 15.1. The summed E-state index contributed by atoms with van der Waals surface area (Å²) in [5.41, 5.74) is 8.64. The van der Waals surface area contributed by atoms with Crippen molar-refractivity contribution in [1.29, 1.82) is 0 Å². The molecule has 4 heteroatoms. The van der Waals surface area contributed by atoms with Crippen LogP contribution in [0.1, 0.15) is 26.7 Å². The van der Waals surface area contributed by atoms with Gasteiger partial charge in [-0.05, 0) is 85.6 Å². The van der Waals surface area contributed by atoms with Crippen LogP contribution in [0.3, 0.4) is 0 Å². The van der Waals surface area contributed by atoms with E-state index in [1.807, 2.05) is 13.8 Å². The molecule has 2 aromatic heterocycles. The molecule has 8 rings (SSSR count). The molecule has 2 heterocycles. The van der Waals surface area contributed by atoms with E-state index in [0.717, 1.165) is 12.8 Å². The summed E-state index contributed by atoms with van der Waals surface area (Å²) in [4.78, 5) is 0. The zero-order valence-corrected chi connectivity index (χ0v) is 25.9. The van der Waals surface area contributed by atoms with Gasteiger partial charge >= 0.3 is 0 Å². The predicted molar refractivity (Wildman–Crippen MR) is 190 cm³/mol. The molecule has 0 unspecified atom stereocenters. The highest BCUT2D eigenvalue weighted by Gasteiger charge is 2.15. The fourth-order valence-electron chi connectivity index (χ4n) is 6.24. The number of rotatable bonds is 3. The van der Waals surface area contributed by atoms with E-state index in [4.69, 9.17) is 0 Å². The van der Waals surface area contributed by atoms with E-state index in [-0.39, 0.29) is 0 Å². The fraction of sp³-hybridized carbons (Fsp3) is 0.128. The van der Waals surface area contributed by atoms with E-state index in [1.54, 1.807) is 7.05 Å². The number of thiol groups is 1. The van der Waals surface area contributed by atoms with E-state index < -0.39 is 0 Å². The molecule has 3 nitrogen and oxygen atoms in total. The van der Waals surface area contributed by atoms with Crippen molar-refractivity contribution in [2.45, 2.75) is 26.7 Å². The summed E-state index contributed by atoms with van der Waals surface area (Å²) in [5, 5.41) is 6.56. The average molecular weight is 580 g/mol. The van der Waals surface area contributed by atoms with Crippen molar-refractivity contribution in [2.24, 2.45) is 0 Å². The second-order valence-corrected chi connectivity index (χ2v) is 10.8. The quantitative estimate of drug-likeness (QED) is 0.201. The van der Waals surface area contributed by atoms with Gasteiger partial charge in [0.15, 0.2) is 0 Å². The molecule has 0 aliphatic heterocycles. The van der Waals surface area contributed by atoms with Crippen LogP contribution in [-0.2, 0) is 0 Å². The number of hydrogen-bond acceptors (Lipinski definition) is 2. The van der Waals surface area contributed by atoms with Gasteiger partial charge in [0.25, 0.3) is 0 Å². The van der Waals surface area contributed by atoms with Crippen LogP contribution in [0.2, 0.25) is 0 Å². The highest BCUT2D eigenvalue weighted by Crippen LogP contribution is 2.35. The number of fused-ring (bicyclic) bond motifs is 6. The molecular weight excluding hydrogens is 543 g/mol. The first-order valence-corrected chi connectivity index (χ1v) is 15.5. The van der Waals surface area contributed by atoms with E-state index >= 15 is 0 Å². The summed E-state index contributed by atoms with van der Waals surface area (Å²) < 4.78 is 7.24. The number of nitrogens with zero attached hydrogens (tertiary/aromatic N) is 2. The van der Waals surface area contributed by atoms with Crippen molar-refractivity contribution < 1.29 is 0 Å². The average Bonchev–Trinajstić information content (AvgIpc) is 3.59. The van der Waals surface area contributed by atoms with Gasteiger partial charge in [-0.3, -0.25) is 4.72 Å². The zero-order valence-electron chi connectivity index (χ0n) is 25.0. The number of benzene rings is 5. The first kappa shape index (κ1) is 28.6. The van der Waals surface area contributed by atoms with Gasteiger partial charge < -0.3 is 9.13 Å². The third-order valence-corrected chi connectivity index (χ3v) is 7.93. The minimum Gasteiger partial charge on any atom is -0.310 e. The standard InChI is InChI=1S/C36H26N2.C2H6.CH5NS/c1-3-11-27(12-4-1)37-33-17-9-7-15-29(33)31-23-25(19-21-35(31)37)26-20-22-36-32(24-26)30-16-8-10-18-34(30)38(36)28-13-5-2-6-14-28;1-2;1-2-3/h1-7,9,11-24H,8,10H2;1-2H3;2-3H,1H3. The van der Waals surface area contributed by atoms with Crippen LogP contribution >= 0.6 is 12.8 Å². The Labute approximate surface area is 259 Å². The molecule has 5 aromatic carbocycles. The van der Waals surface area contributed by atoms with Crippen molar-refractivity contribution >= 4 is 57.7 Å². The van der Waals surface area contributed by atoms with Crippen LogP contribution in [0.15, 0.2) is 121 Å². The van der Waals surface area contributed by atoms with E-state index in [1.165, 1.54) is 65.8 Å². The molecule has 1 aliphatic rings. The van der Waals surface area contributed by atoms with Gasteiger partial charge in [0.2, 0.25) is 0 Å². The maximum atomic E-state index is 3.54. The van der Waals surface area contributed by atoms with Crippen LogP contribution in [-0.4, -0.2) is 16.2 Å². The Kier molecular flexibility index (Phi) is 8.50. The Bertz CT molecular complexity index is 2140. The largest absolute Gasteiger partial charge is 0.310 e. The minimum absolute atomic E-state index is 1.09. The third kappa shape index (κ3) is 5.18. The molecule has 1 N–H and O–H groups in total. The molecule has 0 saturated carbocycles. The third-order valence-electron chi connectivity index (χ3n) is 7.93. The van der Waals surface area contributed by atoms with Crippen LogP contribution < -0.4 is 15.3 Å². The van der Waals surface area contributed by atoms with Gasteiger partial charge in [-0.15, -0.1) is 0 Å². The maximum absolute atomic E-state index is 3.54. The summed E-state index contributed by atoms with van der Waals surface area (Å²) in [6.07, 6.45) is 6.99. The number of aromatic nitrogens is 2. The molecular formula is C39H37N3S. The lowest BCUT2D eigenvalue weighted by Crippen LogP contribution is -2.30. The van der Waals surface area contributed by atoms with Gasteiger partial charge in [0, 0.05) is 38.1 Å². The normalized spacial score (nSPS) is 12.0. The molecule has 7 aromatic rings. The van der Waals surface area contributed by atoms with Crippen LogP contribution in [0.4, 0.5) is 0 Å². The zero-order chi connectivity index (χ0) is 29.8. The van der Waals surface area contributed by atoms with Gasteiger partial charge in [-0.25, -0.2) is 0 Å². The van der Waals surface area contributed by atoms with Crippen LogP contribution in [0.5, 0.6) is 0 Å². The summed E-state index contributed by atoms with van der Waals surface area (Å²) in [6, 6.07) is 44.0. The second kappa shape index (κ2) is 12.8. The molecule has 0 atom stereocenters. The number of para-hydroxylation sites is 3. The lowest BCUT2D eigenvalue weighted by atomic mass is 10.0. The van der Waals surface area contributed by atoms with Crippen molar-refractivity contribution in [3.63, 3.8) is 0 Å². The Morgan fingerprint density at radius 2 is 1.02 bits per heavy atom. The monoisotopic (exact) mass is 579 g/mol. The van der Waals surface area contributed by atoms with Gasteiger partial charge in [0.1, 0.15) is 0 Å². The predicted octanol–water partition coefficient (Wildman–Crippen LogP) is 8.83. The Morgan fingerprint density at radius 3 is 1.67 bits per heavy atom. The number of hydrogen-bond donors (Lipinski definition) is 2. The summed E-state index contributed by atoms with van der Waals surface area (Å²) >= 11 is 3.54. The summed E-state index contributed by atoms with van der Waals surface area (Å²) in [5.74, 6) is 0. The lowest BCUT2D eigenvalue weighted by Gasteiger charge is -2.09. The van der Waals surface area contributed by atoms with Gasteiger partial charge in [-0.2, -0.15) is 0 Å². The van der Waals surface area contributed by atoms with E-state index in [9.17, 15) is 0 Å². The number of nitrogens with one attached hydrogen (secondary N) is 1. The second-order valence-electron chi connectivity index (χ2n) is 10.3. The molecule has 0 saturated heterocycles. The molecule has 0 fully saturated rings. The van der Waals surface area contributed by atoms with Gasteiger partial charge in [-0.1, -0.05) is 106 Å². The van der Waals surface area contributed by atoms with E-state index in [2.05, 4.69) is 160 Å². The van der Waals surface area contributed by atoms with Gasteiger partial charge in [0.05, 0.1) is 16.6 Å². The smallest absolute Gasteiger partial charge is 0.0541 e. The summed E-state index contributed by atoms with van der Waals surface area (Å²) in [6.45, 7) is 4.00. The highest BCUT2D eigenvalue weighted by atomic mass is 32.1. The fourth-order valence-corrected chi connectivity index (χ4v) is 6.24. The molecule has 0 spiro atoms. The van der Waals surface area contributed by atoms with Crippen molar-refractivity contribution in [3.8, 4) is 22.5 Å². The topological polar surface area (TPSA) is 21.9 Å². The summed E-state index contributed by atoms with van der Waals surface area (Å²) in [7, 11) is 1.74. The van der Waals surface area contributed by atoms with E-state index in [0.29, 0.717) is 0 Å². The van der Waals surface area contributed by atoms with Crippen molar-refractivity contribution in [3.05, 3.63) is 132 Å². The maximum Gasteiger partial charge on any atom is 0.0541 e. The highest BCUT2D eigenvalue weighted by molar-refractivity contribution is 7.78. The Balaban J connectivity index is 0.000000622. The van der Waals surface area contributed by atoms with Crippen LogP contribution in [0, 0.1) is 0 Å². The van der Waals surface area contributed by atoms with Crippen LogP contribution in [0.25, 0.3) is 67.4 Å². The minimum atomic E-state index is 1.09. The van der Waals surface area contributed by atoms with Crippen molar-refractivity contribution in [1.82, 2.24) is 13.9 Å². The SMILES string of the molecule is C1=c2c(n(-c3ccccc3)c3ccc(-c4ccc5c(c4)c4ccccc4n5-c4ccccc4)cc23)=CCC1.CC.CNS. The molecule has 43 heavy (non-hydrogen) atoms. The molecule has 0 bridgehead atoms. The molecule has 0 amide bonds. The Hall–Kier alpha value is -4.51. The van der Waals surface area contributed by atoms with Crippen molar-refractivity contribution in [2.75, 3.05) is 7.05 Å². The molecule has 0 radical (unpaired) electrons. The first-order chi connectivity index (χ1) is 21.3. The molecule has 1 aliphatic carbocycles. The lowest BCUT2D eigenvalue weighted by molar-refractivity contribution is 1.02. The Morgan fingerprint density at radius 1 is 0.535 bits per heavy atom.